The van der Waals surface area contributed by atoms with Gasteiger partial charge >= 0.3 is 18.1 Å². The number of hydrogen-bond acceptors (Lipinski definition) is 8. The predicted molar refractivity (Wildman–Crippen MR) is 52.3 cm³/mol. The molecule has 0 aromatic carbocycles. The fraction of sp³-hybridized carbons (Fsp3) is 0.750. The molecule has 0 spiro atoms. The Morgan fingerprint density at radius 2 is 2.16 bits per heavy atom. The Morgan fingerprint density at radius 1 is 1.53 bits per heavy atom. The zero-order valence-corrected chi connectivity index (χ0v) is 10.2. The van der Waals surface area contributed by atoms with Gasteiger partial charge < -0.3 is 9.47 Å². The Balaban J connectivity index is 2.79. The number of alkyl halides is 3. The first-order valence-corrected chi connectivity index (χ1v) is 5.57. The van der Waals surface area contributed by atoms with Crippen LogP contribution in [0.15, 0.2) is 0 Å². The molecule has 110 valence electrons. The van der Waals surface area contributed by atoms with Gasteiger partial charge in [-0.2, -0.15) is 13.2 Å². The van der Waals surface area contributed by atoms with Gasteiger partial charge in [0.2, 0.25) is 10.9 Å². The zero-order valence-electron chi connectivity index (χ0n) is 9.43. The SMILES string of the molecule is CC(SOOO)(C(=O)OC1CCOC1=O)C(F)(F)F. The number of carbonyl (C=O) groups is 2. The number of esters is 2. The minimum atomic E-state index is -5.06. The van der Waals surface area contributed by atoms with Crippen molar-refractivity contribution in [3.63, 3.8) is 0 Å². The number of ether oxygens (including phenoxy) is 2. The van der Waals surface area contributed by atoms with E-state index < -0.39 is 41.0 Å². The third-order valence-electron chi connectivity index (χ3n) is 2.30. The van der Waals surface area contributed by atoms with E-state index in [0.717, 1.165) is 0 Å². The first kappa shape index (κ1) is 16.0. The van der Waals surface area contributed by atoms with E-state index in [2.05, 4.69) is 18.8 Å². The smallest absolute Gasteiger partial charge is 0.415 e. The van der Waals surface area contributed by atoms with E-state index in [1.54, 1.807) is 0 Å². The van der Waals surface area contributed by atoms with Crippen LogP contribution in [0, 0.1) is 0 Å². The molecule has 11 heteroatoms. The summed E-state index contributed by atoms with van der Waals surface area (Å²) in [4.78, 5) is 22.5. The van der Waals surface area contributed by atoms with Crippen molar-refractivity contribution in [2.45, 2.75) is 30.4 Å². The molecular weight excluding hydrogens is 297 g/mol. The number of cyclic esters (lactones) is 1. The van der Waals surface area contributed by atoms with E-state index in [1.165, 1.54) is 0 Å². The summed E-state index contributed by atoms with van der Waals surface area (Å²) in [6, 6.07) is 0. The molecule has 0 bridgehead atoms. The maximum atomic E-state index is 12.8. The highest BCUT2D eigenvalue weighted by molar-refractivity contribution is 7.96. The van der Waals surface area contributed by atoms with Gasteiger partial charge in [0.15, 0.2) is 0 Å². The van der Waals surface area contributed by atoms with Crippen LogP contribution in [0.2, 0.25) is 0 Å². The van der Waals surface area contributed by atoms with Crippen LogP contribution in [0.25, 0.3) is 0 Å². The third kappa shape index (κ3) is 3.49. The van der Waals surface area contributed by atoms with E-state index in [-0.39, 0.29) is 13.0 Å². The largest absolute Gasteiger partial charge is 0.463 e. The number of rotatable bonds is 5. The van der Waals surface area contributed by atoms with E-state index in [0.29, 0.717) is 6.92 Å². The van der Waals surface area contributed by atoms with E-state index >= 15 is 0 Å². The van der Waals surface area contributed by atoms with Gasteiger partial charge in [0.1, 0.15) is 0 Å². The third-order valence-corrected chi connectivity index (χ3v) is 3.16. The van der Waals surface area contributed by atoms with Crippen molar-refractivity contribution in [3.8, 4) is 0 Å². The van der Waals surface area contributed by atoms with Crippen LogP contribution < -0.4 is 0 Å². The highest BCUT2D eigenvalue weighted by Crippen LogP contribution is 2.43. The average Bonchev–Trinajstić information content (AvgIpc) is 2.70. The first-order valence-electron chi connectivity index (χ1n) is 4.82. The second kappa shape index (κ2) is 5.94. The summed E-state index contributed by atoms with van der Waals surface area (Å²) >= 11 is -0.500. The fourth-order valence-corrected chi connectivity index (χ4v) is 1.48. The minimum absolute atomic E-state index is 0.0272. The van der Waals surface area contributed by atoms with Crippen LogP contribution in [0.1, 0.15) is 13.3 Å². The lowest BCUT2D eigenvalue weighted by molar-refractivity contribution is -0.433. The predicted octanol–water partition coefficient (Wildman–Crippen LogP) is 1.24. The van der Waals surface area contributed by atoms with Crippen molar-refractivity contribution in [2.24, 2.45) is 0 Å². The molecule has 7 nitrogen and oxygen atoms in total. The molecule has 0 amide bonds. The van der Waals surface area contributed by atoms with Crippen LogP contribution in [0.5, 0.6) is 0 Å². The maximum Gasteiger partial charge on any atom is 0.415 e. The van der Waals surface area contributed by atoms with Crippen LogP contribution in [0.3, 0.4) is 0 Å². The van der Waals surface area contributed by atoms with Crippen molar-refractivity contribution in [2.75, 3.05) is 6.61 Å². The topological polar surface area (TPSA) is 91.3 Å². The van der Waals surface area contributed by atoms with E-state index in [1.807, 2.05) is 0 Å². The summed E-state index contributed by atoms with van der Waals surface area (Å²) < 4.78 is 47.8. The molecular formula is C8H9F3O7S. The second-order valence-electron chi connectivity index (χ2n) is 3.61. The molecule has 1 rings (SSSR count). The van der Waals surface area contributed by atoms with Gasteiger partial charge in [-0.15, -0.1) is 4.33 Å². The van der Waals surface area contributed by atoms with Crippen molar-refractivity contribution in [1.29, 1.82) is 0 Å². The molecule has 2 unspecified atom stereocenters. The molecule has 1 saturated heterocycles. The Kier molecular flexibility index (Phi) is 5.01. The number of hydrogen-bond donors (Lipinski definition) is 1. The molecule has 1 aliphatic rings. The number of carbonyl (C=O) groups excluding carboxylic acids is 2. The molecule has 0 aliphatic carbocycles. The molecule has 0 radical (unpaired) electrons. The van der Waals surface area contributed by atoms with E-state index in [9.17, 15) is 22.8 Å². The molecule has 0 saturated carbocycles. The molecule has 2 atom stereocenters. The molecule has 1 aliphatic heterocycles. The summed E-state index contributed by atoms with van der Waals surface area (Å²) in [6.07, 6.45) is -6.47. The molecule has 0 aromatic heterocycles. The van der Waals surface area contributed by atoms with Gasteiger partial charge in [-0.05, 0) is 6.92 Å². The quantitative estimate of drug-likeness (QED) is 0.351. The second-order valence-corrected chi connectivity index (χ2v) is 4.73. The minimum Gasteiger partial charge on any atom is -0.463 e. The van der Waals surface area contributed by atoms with Crippen molar-refractivity contribution >= 4 is 24.0 Å². The first-order chi connectivity index (χ1) is 8.72. The Morgan fingerprint density at radius 3 is 2.58 bits per heavy atom. The lowest BCUT2D eigenvalue weighted by atomic mass is 10.1. The van der Waals surface area contributed by atoms with Gasteiger partial charge in [0.25, 0.3) is 0 Å². The molecule has 1 N–H and O–H groups in total. The summed E-state index contributed by atoms with van der Waals surface area (Å²) in [7, 11) is 0. The molecule has 1 fully saturated rings. The highest BCUT2D eigenvalue weighted by atomic mass is 32.2. The molecule has 1 heterocycles. The normalized spacial score (nSPS) is 22.8. The average molecular weight is 306 g/mol. The summed E-state index contributed by atoms with van der Waals surface area (Å²) in [5.74, 6) is -2.67. The van der Waals surface area contributed by atoms with Crippen LogP contribution in [-0.2, 0) is 28.4 Å². The van der Waals surface area contributed by atoms with Crippen LogP contribution >= 0.6 is 12.0 Å². The zero-order chi connectivity index (χ0) is 14.7. The van der Waals surface area contributed by atoms with Crippen molar-refractivity contribution in [3.05, 3.63) is 0 Å². The summed E-state index contributed by atoms with van der Waals surface area (Å²) in [5.41, 5.74) is 0. The van der Waals surface area contributed by atoms with Gasteiger partial charge in [-0.1, -0.05) is 5.04 Å². The fourth-order valence-electron chi connectivity index (χ4n) is 1.11. The Labute approximate surface area is 109 Å². The van der Waals surface area contributed by atoms with Crippen LogP contribution in [0.4, 0.5) is 13.2 Å². The van der Waals surface area contributed by atoms with Gasteiger partial charge in [-0.25, -0.2) is 10.1 Å². The lowest BCUT2D eigenvalue weighted by Crippen LogP contribution is -2.49. The Bertz CT molecular complexity index is 361. The van der Waals surface area contributed by atoms with Gasteiger partial charge in [0.05, 0.1) is 18.6 Å². The van der Waals surface area contributed by atoms with Crippen molar-refractivity contribution in [1.82, 2.24) is 0 Å². The van der Waals surface area contributed by atoms with E-state index in [4.69, 9.17) is 5.26 Å². The summed E-state index contributed by atoms with van der Waals surface area (Å²) in [6.45, 7) is 0.419. The molecule has 0 aromatic rings. The Hall–Kier alpha value is -1.04. The monoisotopic (exact) mass is 306 g/mol. The maximum absolute atomic E-state index is 12.8. The highest BCUT2D eigenvalue weighted by Gasteiger charge is 2.61. The van der Waals surface area contributed by atoms with Crippen molar-refractivity contribution < 1.29 is 46.9 Å². The molecule has 19 heavy (non-hydrogen) atoms. The number of halogens is 3. The van der Waals surface area contributed by atoms with Crippen LogP contribution in [-0.4, -0.2) is 40.8 Å². The lowest BCUT2D eigenvalue weighted by Gasteiger charge is -2.27. The van der Waals surface area contributed by atoms with Gasteiger partial charge in [-0.3, -0.25) is 4.79 Å². The van der Waals surface area contributed by atoms with Gasteiger partial charge in [0, 0.05) is 6.42 Å². The summed E-state index contributed by atoms with van der Waals surface area (Å²) in [5, 5.41) is 10.9. The standard InChI is InChI=1S/C8H9F3O7S/c1-7(8(9,10)11,19-18-17-14)6(13)16-4-2-3-15-5(4)12/h4,14H,2-3H2,1H3.